The summed E-state index contributed by atoms with van der Waals surface area (Å²) in [7, 11) is 0.478. The Labute approximate surface area is 161 Å². The number of nitrogens with zero attached hydrogens (tertiary/aromatic N) is 4. The van der Waals surface area contributed by atoms with Gasteiger partial charge in [0, 0.05) is 25.0 Å². The van der Waals surface area contributed by atoms with Crippen LogP contribution in [-0.2, 0) is 14.8 Å². The summed E-state index contributed by atoms with van der Waals surface area (Å²) in [6.07, 6.45) is 5.84. The van der Waals surface area contributed by atoms with Gasteiger partial charge in [0.15, 0.2) is 0 Å². The molecule has 1 aliphatic carbocycles. The van der Waals surface area contributed by atoms with Crippen LogP contribution in [0.15, 0.2) is 28.9 Å². The van der Waals surface area contributed by atoms with Gasteiger partial charge in [0.05, 0.1) is 12.7 Å². The molecule has 2 heterocycles. The number of hydrogen-bond donors (Lipinski definition) is 1. The van der Waals surface area contributed by atoms with Gasteiger partial charge in [-0.3, -0.25) is 0 Å². The summed E-state index contributed by atoms with van der Waals surface area (Å²) >= 11 is 0. The Hall–Kier alpha value is -1.93. The van der Waals surface area contributed by atoms with E-state index >= 15 is 0 Å². The number of aliphatic hydroxyl groups is 1. The van der Waals surface area contributed by atoms with Crippen LogP contribution < -0.4 is 9.64 Å². The number of benzene rings is 1. The molecular formula is C19H25N4O3S-. The Kier molecular flexibility index (Phi) is 5.19. The SMILES string of the molecule is COc1cccc2c(N3CCC(O)(CN=[S-](=O)C4CCC4)CC3)ncnc12. The standard InChI is InChI=1S/C19H25N4O3S/c1-26-16-7-3-6-15-17(16)20-13-21-18(15)23-10-8-19(24,9-11-23)12-22-27(25)14-4-2-5-14/h3,6-7,13-14,24H,2,4-5,8-12H2,1H3/q-1. The summed E-state index contributed by atoms with van der Waals surface area (Å²) in [6.45, 7) is 1.60. The molecule has 2 aromatic rings. The second kappa shape index (κ2) is 7.59. The molecule has 0 unspecified atom stereocenters. The van der Waals surface area contributed by atoms with Crippen LogP contribution in [0.3, 0.4) is 0 Å². The highest BCUT2D eigenvalue weighted by Gasteiger charge is 2.32. The van der Waals surface area contributed by atoms with Crippen LogP contribution in [0.5, 0.6) is 5.75 Å². The van der Waals surface area contributed by atoms with Crippen molar-refractivity contribution in [2.75, 3.05) is 31.6 Å². The summed E-state index contributed by atoms with van der Waals surface area (Å²) in [5.74, 6) is 1.58. The van der Waals surface area contributed by atoms with Crippen LogP contribution in [0.25, 0.3) is 10.9 Å². The van der Waals surface area contributed by atoms with E-state index in [2.05, 4.69) is 19.2 Å². The third-order valence-electron chi connectivity index (χ3n) is 5.64. The van der Waals surface area contributed by atoms with Gasteiger partial charge in [-0.15, -0.1) is 0 Å². The van der Waals surface area contributed by atoms with Gasteiger partial charge in [0.2, 0.25) is 0 Å². The van der Waals surface area contributed by atoms with E-state index < -0.39 is 16.2 Å². The van der Waals surface area contributed by atoms with Gasteiger partial charge >= 0.3 is 0 Å². The largest absolute Gasteiger partial charge is 0.494 e. The molecule has 1 saturated carbocycles. The molecule has 2 aliphatic rings. The average Bonchev–Trinajstić information content (AvgIpc) is 2.65. The molecule has 27 heavy (non-hydrogen) atoms. The number of piperidine rings is 1. The highest BCUT2D eigenvalue weighted by Crippen LogP contribution is 2.32. The van der Waals surface area contributed by atoms with Crippen LogP contribution in [0, 0.1) is 0 Å². The van der Waals surface area contributed by atoms with E-state index in [1.54, 1.807) is 13.4 Å². The van der Waals surface area contributed by atoms with Crippen molar-refractivity contribution in [2.24, 2.45) is 4.36 Å². The molecule has 1 saturated heterocycles. The fourth-order valence-corrected chi connectivity index (χ4v) is 4.93. The lowest BCUT2D eigenvalue weighted by atomic mass is 9.91. The molecule has 0 spiro atoms. The van der Waals surface area contributed by atoms with Crippen molar-refractivity contribution in [3.8, 4) is 5.75 Å². The number of anilines is 1. The highest BCUT2D eigenvalue weighted by atomic mass is 32.2. The topological polar surface area (TPSA) is 87.9 Å². The Morgan fingerprint density at radius 1 is 1.33 bits per heavy atom. The third kappa shape index (κ3) is 3.73. The molecule has 2 fully saturated rings. The molecule has 146 valence electrons. The van der Waals surface area contributed by atoms with Gasteiger partial charge in [-0.1, -0.05) is 30.6 Å². The van der Waals surface area contributed by atoms with Crippen LogP contribution in [-0.4, -0.2) is 52.7 Å². The summed E-state index contributed by atoms with van der Waals surface area (Å²) in [5.41, 5.74) is -0.0899. The first-order valence-corrected chi connectivity index (χ1v) is 10.6. The first kappa shape index (κ1) is 18.4. The van der Waals surface area contributed by atoms with Gasteiger partial charge in [-0.05, 0) is 25.0 Å². The molecular weight excluding hydrogens is 364 g/mol. The fraction of sp³-hybridized carbons (Fsp3) is 0.579. The maximum Gasteiger partial charge on any atom is 0.145 e. The molecule has 1 aliphatic heterocycles. The Morgan fingerprint density at radius 3 is 2.78 bits per heavy atom. The quantitative estimate of drug-likeness (QED) is 0.791. The van der Waals surface area contributed by atoms with Gasteiger partial charge in [-0.25, -0.2) is 9.97 Å². The Morgan fingerprint density at radius 2 is 2.11 bits per heavy atom. The molecule has 1 aromatic heterocycles. The zero-order chi connectivity index (χ0) is 18.9. The highest BCUT2D eigenvalue weighted by molar-refractivity contribution is 7.75. The summed E-state index contributed by atoms with van der Waals surface area (Å²) in [4.78, 5) is 11.0. The Balaban J connectivity index is 1.48. The maximum atomic E-state index is 12.1. The number of fused-ring (bicyclic) bond motifs is 1. The van der Waals surface area contributed by atoms with Crippen LogP contribution in [0.4, 0.5) is 5.82 Å². The van der Waals surface area contributed by atoms with E-state index in [-0.39, 0.29) is 11.8 Å². The van der Waals surface area contributed by atoms with Crippen LogP contribution in [0.1, 0.15) is 32.1 Å². The zero-order valence-corrected chi connectivity index (χ0v) is 16.3. The molecule has 0 atom stereocenters. The van der Waals surface area contributed by atoms with E-state index in [0.717, 1.165) is 41.7 Å². The van der Waals surface area contributed by atoms with Crippen molar-refractivity contribution in [2.45, 2.75) is 43.0 Å². The number of aromatic nitrogens is 2. The first-order chi connectivity index (χ1) is 13.1. The number of para-hydroxylation sites is 1. The molecule has 1 aromatic carbocycles. The minimum atomic E-state index is -1.16. The lowest BCUT2D eigenvalue weighted by Gasteiger charge is -2.39. The first-order valence-electron chi connectivity index (χ1n) is 9.43. The van der Waals surface area contributed by atoms with Crippen molar-refractivity contribution in [1.82, 2.24) is 9.97 Å². The Bertz CT molecular complexity index is 901. The van der Waals surface area contributed by atoms with E-state index in [9.17, 15) is 9.32 Å². The normalized spacial score (nSPS) is 21.2. The summed E-state index contributed by atoms with van der Waals surface area (Å²) in [5, 5.41) is 12.0. The second-order valence-electron chi connectivity index (χ2n) is 7.38. The van der Waals surface area contributed by atoms with Gasteiger partial charge in [0.25, 0.3) is 0 Å². The van der Waals surface area contributed by atoms with Crippen molar-refractivity contribution >= 4 is 27.3 Å². The molecule has 0 amide bonds. The maximum absolute atomic E-state index is 12.1. The number of rotatable bonds is 5. The van der Waals surface area contributed by atoms with E-state index in [0.29, 0.717) is 25.9 Å². The average molecular weight is 390 g/mol. The van der Waals surface area contributed by atoms with Crippen molar-refractivity contribution in [3.05, 3.63) is 24.5 Å². The van der Waals surface area contributed by atoms with Crippen molar-refractivity contribution in [3.63, 3.8) is 0 Å². The van der Waals surface area contributed by atoms with Gasteiger partial charge < -0.3 is 23.3 Å². The minimum Gasteiger partial charge on any atom is -0.494 e. The van der Waals surface area contributed by atoms with E-state index in [4.69, 9.17) is 4.74 Å². The predicted molar refractivity (Wildman–Crippen MR) is 105 cm³/mol. The molecule has 7 nitrogen and oxygen atoms in total. The summed E-state index contributed by atoms with van der Waals surface area (Å²) < 4.78 is 21.8. The lowest BCUT2D eigenvalue weighted by Crippen LogP contribution is -2.46. The van der Waals surface area contributed by atoms with Gasteiger partial charge in [0.1, 0.15) is 23.4 Å². The van der Waals surface area contributed by atoms with E-state index in [1.807, 2.05) is 18.2 Å². The number of hydrogen-bond acceptors (Lipinski definition) is 8. The number of methoxy groups -OCH3 is 1. The predicted octanol–water partition coefficient (Wildman–Crippen LogP) is 2.67. The van der Waals surface area contributed by atoms with Crippen molar-refractivity contribution in [1.29, 1.82) is 0 Å². The second-order valence-corrected chi connectivity index (χ2v) is 8.86. The smallest absolute Gasteiger partial charge is 0.145 e. The molecule has 4 rings (SSSR count). The van der Waals surface area contributed by atoms with Gasteiger partial charge in [-0.2, -0.15) is 10.6 Å². The third-order valence-corrected chi connectivity index (χ3v) is 7.07. The fourth-order valence-electron chi connectivity index (χ4n) is 3.62. The minimum absolute atomic E-state index is 0.205. The monoisotopic (exact) mass is 389 g/mol. The molecule has 0 bridgehead atoms. The molecule has 1 N–H and O–H groups in total. The van der Waals surface area contributed by atoms with Crippen LogP contribution in [0.2, 0.25) is 0 Å². The van der Waals surface area contributed by atoms with Crippen LogP contribution >= 0.6 is 0 Å². The molecule has 8 heteroatoms. The zero-order valence-electron chi connectivity index (χ0n) is 15.5. The lowest BCUT2D eigenvalue weighted by molar-refractivity contribution is 0.0258. The molecule has 0 radical (unpaired) electrons. The van der Waals surface area contributed by atoms with Crippen molar-refractivity contribution < 1.29 is 14.1 Å². The van der Waals surface area contributed by atoms with E-state index in [1.165, 1.54) is 0 Å². The summed E-state index contributed by atoms with van der Waals surface area (Å²) in [6, 6.07) is 5.81. The number of ether oxygens (including phenoxy) is 1.